The number of hydrogen-bond donors (Lipinski definition) is 0. The highest BCUT2D eigenvalue weighted by Crippen LogP contribution is 2.43. The molecule has 26 heavy (non-hydrogen) atoms. The summed E-state index contributed by atoms with van der Waals surface area (Å²) in [5.74, 6) is 0.511. The highest BCUT2D eigenvalue weighted by atomic mass is 16.6. The van der Waals surface area contributed by atoms with Gasteiger partial charge in [-0.1, -0.05) is 61.5 Å². The summed E-state index contributed by atoms with van der Waals surface area (Å²) in [7, 11) is 0. The van der Waals surface area contributed by atoms with Crippen molar-refractivity contribution in [3.63, 3.8) is 0 Å². The minimum absolute atomic E-state index is 0.123. The third kappa shape index (κ3) is 3.12. The molecule has 2 amide bonds. The zero-order valence-electron chi connectivity index (χ0n) is 14.9. The molecular formula is C22H23NO3. The molecule has 1 aliphatic carbocycles. The van der Waals surface area contributed by atoms with E-state index in [2.05, 4.69) is 19.1 Å². The summed E-state index contributed by atoms with van der Waals surface area (Å²) in [5.41, 5.74) is 3.68. The van der Waals surface area contributed by atoms with Crippen LogP contribution in [0.15, 0.2) is 54.6 Å². The largest absolute Gasteiger partial charge is 0.447 e. The topological polar surface area (TPSA) is 46.6 Å². The summed E-state index contributed by atoms with van der Waals surface area (Å²) in [6.45, 7) is 2.47. The van der Waals surface area contributed by atoms with Gasteiger partial charge in [0, 0.05) is 6.42 Å². The second-order valence-electron chi connectivity index (χ2n) is 7.35. The molecule has 0 spiro atoms. The minimum atomic E-state index is -0.504. The molecule has 4 heteroatoms. The number of benzene rings is 2. The first-order valence-corrected chi connectivity index (χ1v) is 9.25. The van der Waals surface area contributed by atoms with Crippen LogP contribution in [-0.4, -0.2) is 29.5 Å². The Morgan fingerprint density at radius 3 is 2.54 bits per heavy atom. The van der Waals surface area contributed by atoms with Crippen LogP contribution in [0.25, 0.3) is 0 Å². The lowest BCUT2D eigenvalue weighted by Crippen LogP contribution is -2.40. The van der Waals surface area contributed by atoms with Gasteiger partial charge in [-0.2, -0.15) is 0 Å². The number of carbonyl (C=O) groups is 2. The maximum atomic E-state index is 13.0. The zero-order chi connectivity index (χ0) is 18.1. The molecule has 4 nitrogen and oxygen atoms in total. The first-order chi connectivity index (χ1) is 12.6. The van der Waals surface area contributed by atoms with E-state index in [0.29, 0.717) is 18.8 Å². The predicted octanol–water partition coefficient (Wildman–Crippen LogP) is 4.26. The number of fused-ring (bicyclic) bond motifs is 1. The van der Waals surface area contributed by atoms with Crippen molar-refractivity contribution in [2.75, 3.05) is 6.61 Å². The molecule has 4 rings (SSSR count). The molecule has 2 aromatic carbocycles. The average molecular weight is 349 g/mol. The van der Waals surface area contributed by atoms with Crippen molar-refractivity contribution < 1.29 is 14.3 Å². The summed E-state index contributed by atoms with van der Waals surface area (Å²) >= 11 is 0. The lowest BCUT2D eigenvalue weighted by molar-refractivity contribution is -0.129. The molecule has 1 aliphatic heterocycles. The van der Waals surface area contributed by atoms with Crippen LogP contribution in [0, 0.1) is 0 Å². The van der Waals surface area contributed by atoms with Crippen molar-refractivity contribution in [2.24, 2.45) is 0 Å². The Morgan fingerprint density at radius 2 is 1.77 bits per heavy atom. The van der Waals surface area contributed by atoms with Gasteiger partial charge in [-0.3, -0.25) is 4.79 Å². The van der Waals surface area contributed by atoms with E-state index in [1.165, 1.54) is 16.0 Å². The molecule has 2 aromatic rings. The zero-order valence-corrected chi connectivity index (χ0v) is 14.9. The van der Waals surface area contributed by atoms with Crippen molar-refractivity contribution in [3.8, 4) is 0 Å². The van der Waals surface area contributed by atoms with Gasteiger partial charge in [0.05, 0.1) is 6.04 Å². The number of nitrogens with zero attached hydrogens (tertiary/aromatic N) is 1. The van der Waals surface area contributed by atoms with Crippen LogP contribution in [0.1, 0.15) is 48.3 Å². The third-order valence-corrected chi connectivity index (χ3v) is 5.57. The van der Waals surface area contributed by atoms with Crippen molar-refractivity contribution in [1.29, 1.82) is 0 Å². The van der Waals surface area contributed by atoms with Gasteiger partial charge in [0.1, 0.15) is 6.61 Å². The van der Waals surface area contributed by atoms with E-state index < -0.39 is 6.09 Å². The Kier molecular flexibility index (Phi) is 4.49. The molecule has 0 bridgehead atoms. The van der Waals surface area contributed by atoms with Gasteiger partial charge in [0.2, 0.25) is 5.91 Å². The van der Waals surface area contributed by atoms with Gasteiger partial charge in [-0.05, 0) is 41.4 Å². The van der Waals surface area contributed by atoms with E-state index in [1.54, 1.807) is 0 Å². The van der Waals surface area contributed by atoms with E-state index in [-0.39, 0.29) is 24.5 Å². The molecule has 3 atom stereocenters. The standard InChI is InChI=1S/C22H23NO3/c1-15-11-17(20-10-6-5-9-19(15)20)13-21(24)23-18(14-26-22(23)25)12-16-7-3-2-4-8-16/h2-10,15,17-18H,11-14H2,1H3/t15-,17+,18-/m0/s1. The Balaban J connectivity index is 1.49. The second-order valence-corrected chi connectivity index (χ2v) is 7.35. The Morgan fingerprint density at radius 1 is 1.08 bits per heavy atom. The smallest absolute Gasteiger partial charge is 0.416 e. The maximum absolute atomic E-state index is 13.0. The van der Waals surface area contributed by atoms with Gasteiger partial charge < -0.3 is 4.74 Å². The summed E-state index contributed by atoms with van der Waals surface area (Å²) < 4.78 is 5.19. The number of amides is 2. The SMILES string of the molecule is C[C@H]1C[C@H](CC(=O)N2C(=O)OC[C@@H]2Cc2ccccc2)c2ccccc21. The Hall–Kier alpha value is -2.62. The average Bonchev–Trinajstić information content (AvgIpc) is 3.16. The number of imide groups is 1. The van der Waals surface area contributed by atoms with E-state index in [4.69, 9.17) is 4.74 Å². The van der Waals surface area contributed by atoms with Gasteiger partial charge >= 0.3 is 6.09 Å². The fourth-order valence-electron chi connectivity index (χ4n) is 4.32. The molecule has 2 aliphatic rings. The fourth-order valence-corrected chi connectivity index (χ4v) is 4.32. The lowest BCUT2D eigenvalue weighted by atomic mass is 9.96. The molecule has 0 saturated carbocycles. The van der Waals surface area contributed by atoms with E-state index in [9.17, 15) is 9.59 Å². The summed E-state index contributed by atoms with van der Waals surface area (Å²) in [5, 5.41) is 0. The molecule has 1 heterocycles. The van der Waals surface area contributed by atoms with Gasteiger partial charge in [0.25, 0.3) is 0 Å². The van der Waals surface area contributed by atoms with Crippen LogP contribution in [0.5, 0.6) is 0 Å². The van der Waals surface area contributed by atoms with E-state index >= 15 is 0 Å². The van der Waals surface area contributed by atoms with Gasteiger partial charge in [-0.25, -0.2) is 9.69 Å². The van der Waals surface area contributed by atoms with E-state index in [0.717, 1.165) is 12.0 Å². The highest BCUT2D eigenvalue weighted by Gasteiger charge is 2.40. The number of rotatable bonds is 4. The molecule has 1 fully saturated rings. The quantitative estimate of drug-likeness (QED) is 0.829. The first-order valence-electron chi connectivity index (χ1n) is 9.25. The van der Waals surface area contributed by atoms with Crippen LogP contribution in [0.3, 0.4) is 0 Å². The molecule has 0 aromatic heterocycles. The molecule has 0 N–H and O–H groups in total. The van der Waals surface area contributed by atoms with Crippen molar-refractivity contribution in [1.82, 2.24) is 4.90 Å². The van der Waals surface area contributed by atoms with Gasteiger partial charge in [-0.15, -0.1) is 0 Å². The van der Waals surface area contributed by atoms with Crippen LogP contribution in [0.4, 0.5) is 4.79 Å². The third-order valence-electron chi connectivity index (χ3n) is 5.57. The summed E-state index contributed by atoms with van der Waals surface area (Å²) in [4.78, 5) is 26.5. The number of hydrogen-bond acceptors (Lipinski definition) is 3. The van der Waals surface area contributed by atoms with Gasteiger partial charge in [0.15, 0.2) is 0 Å². The highest BCUT2D eigenvalue weighted by molar-refractivity contribution is 5.94. The van der Waals surface area contributed by atoms with Crippen molar-refractivity contribution in [3.05, 3.63) is 71.3 Å². The molecule has 0 radical (unpaired) electrons. The second kappa shape index (κ2) is 6.94. The lowest BCUT2D eigenvalue weighted by Gasteiger charge is -2.21. The number of carbonyl (C=O) groups excluding carboxylic acids is 2. The maximum Gasteiger partial charge on any atom is 0.416 e. The van der Waals surface area contributed by atoms with Crippen molar-refractivity contribution >= 4 is 12.0 Å². The minimum Gasteiger partial charge on any atom is -0.447 e. The predicted molar refractivity (Wildman–Crippen MR) is 99.0 cm³/mol. The fraction of sp³-hybridized carbons (Fsp3) is 0.364. The molecule has 134 valence electrons. The monoisotopic (exact) mass is 349 g/mol. The first kappa shape index (κ1) is 16.8. The molecule has 1 saturated heterocycles. The van der Waals surface area contributed by atoms with Crippen LogP contribution in [0.2, 0.25) is 0 Å². The molecule has 0 unspecified atom stereocenters. The summed E-state index contributed by atoms with van der Waals surface area (Å²) in [6.07, 6.45) is 1.45. The van der Waals surface area contributed by atoms with E-state index in [1.807, 2.05) is 42.5 Å². The Labute approximate surface area is 153 Å². The van der Waals surface area contributed by atoms with Crippen LogP contribution < -0.4 is 0 Å². The van der Waals surface area contributed by atoms with Crippen LogP contribution in [-0.2, 0) is 16.0 Å². The molecular weight excluding hydrogens is 326 g/mol. The number of ether oxygens (including phenoxy) is 1. The normalized spacial score (nSPS) is 24.4. The Bertz CT molecular complexity index is 817. The van der Waals surface area contributed by atoms with Crippen molar-refractivity contribution in [2.45, 2.75) is 44.1 Å². The van der Waals surface area contributed by atoms with Crippen LogP contribution >= 0.6 is 0 Å². The number of cyclic esters (lactones) is 1. The summed E-state index contributed by atoms with van der Waals surface area (Å²) in [6, 6.07) is 18.0.